The zero-order valence-electron chi connectivity index (χ0n) is 28.7. The number of phosphoric acid groups is 1. The summed E-state index contributed by atoms with van der Waals surface area (Å²) in [6.07, 6.45) is 26.7. The summed E-state index contributed by atoms with van der Waals surface area (Å²) in [4.78, 5) is 44.1. The van der Waals surface area contributed by atoms with Crippen molar-refractivity contribution < 1.29 is 97.1 Å². The van der Waals surface area contributed by atoms with Crippen LogP contribution in [0.5, 0.6) is 0 Å². The van der Waals surface area contributed by atoms with Crippen LogP contribution in [0.1, 0.15) is 161 Å². The molecule has 0 aliphatic rings. The fourth-order valence-corrected chi connectivity index (χ4v) is 5.35. The summed E-state index contributed by atoms with van der Waals surface area (Å²) in [5.41, 5.74) is 0. The molecule has 0 saturated carbocycles. The SMILES string of the molecule is CCCCCCCCCCCCC(=O)O[C@@H](CNCCCCCCCCCCCCCCCOC=O)COP(=O)([O-])[O-].[Na+].[Na+]. The quantitative estimate of drug-likeness (QED) is 0.0350. The normalized spacial score (nSPS) is 11.8. The largest absolute Gasteiger partial charge is 1.00 e. The van der Waals surface area contributed by atoms with Crippen LogP contribution in [0.15, 0.2) is 0 Å². The Bertz CT molecular complexity index is 658. The van der Waals surface area contributed by atoms with E-state index in [0.29, 0.717) is 19.5 Å². The van der Waals surface area contributed by atoms with Crippen LogP contribution in [-0.4, -0.2) is 44.8 Å². The molecular weight excluding hydrogens is 603 g/mol. The predicted molar refractivity (Wildman–Crippen MR) is 165 cm³/mol. The van der Waals surface area contributed by atoms with E-state index >= 15 is 0 Å². The van der Waals surface area contributed by atoms with Crippen molar-refractivity contribution in [1.82, 2.24) is 5.32 Å². The van der Waals surface area contributed by atoms with Gasteiger partial charge in [0.05, 0.1) is 21.0 Å². The van der Waals surface area contributed by atoms with Gasteiger partial charge in [0.2, 0.25) is 0 Å². The molecule has 0 heterocycles. The summed E-state index contributed by atoms with van der Waals surface area (Å²) in [5.74, 6) is -0.377. The van der Waals surface area contributed by atoms with Crippen molar-refractivity contribution in [1.29, 1.82) is 0 Å². The third kappa shape index (κ3) is 41.0. The fraction of sp³-hybridized carbons (Fsp3) is 0.938. The van der Waals surface area contributed by atoms with Crippen LogP contribution in [0.3, 0.4) is 0 Å². The molecule has 44 heavy (non-hydrogen) atoms. The Morgan fingerprint density at radius 3 is 1.59 bits per heavy atom. The second-order valence-corrected chi connectivity index (χ2v) is 12.7. The molecule has 1 N–H and O–H groups in total. The molecule has 0 fully saturated rings. The standard InChI is InChI=1S/C32H64NO8P.2Na/c1-2-3-4-5-6-7-13-16-19-22-25-32(35)41-31(29-40-42(36,37)38)28-33-26-23-20-17-14-11-9-8-10-12-15-18-21-24-27-39-30-34;;/h30-31,33H,2-29H2,1H3,(H2,36,37,38);;/q;2*+1/p-2/t31-;;/m0../s1. The molecule has 0 unspecified atom stereocenters. The number of unbranched alkanes of at least 4 members (excludes halogenated alkanes) is 21. The molecular formula is C32H62NNa2O8P. The van der Waals surface area contributed by atoms with Gasteiger partial charge in [-0.15, -0.1) is 0 Å². The molecule has 1 atom stereocenters. The van der Waals surface area contributed by atoms with E-state index in [1.54, 1.807) is 0 Å². The van der Waals surface area contributed by atoms with Gasteiger partial charge in [0.25, 0.3) is 6.47 Å². The van der Waals surface area contributed by atoms with E-state index in [0.717, 1.165) is 51.5 Å². The number of hydrogen-bond acceptors (Lipinski definition) is 9. The van der Waals surface area contributed by atoms with Gasteiger partial charge in [0, 0.05) is 13.0 Å². The maximum Gasteiger partial charge on any atom is 1.00 e. The Morgan fingerprint density at radius 2 is 1.14 bits per heavy atom. The molecule has 0 rings (SSSR count). The average molecular weight is 666 g/mol. The van der Waals surface area contributed by atoms with Crippen molar-refractivity contribution in [2.45, 2.75) is 167 Å². The monoisotopic (exact) mass is 665 g/mol. The molecule has 0 spiro atoms. The minimum atomic E-state index is -5.12. The third-order valence-corrected chi connectivity index (χ3v) is 7.97. The zero-order valence-corrected chi connectivity index (χ0v) is 33.6. The van der Waals surface area contributed by atoms with Gasteiger partial charge >= 0.3 is 65.1 Å². The number of esters is 1. The van der Waals surface area contributed by atoms with Gasteiger partial charge < -0.3 is 33.7 Å². The smallest absolute Gasteiger partial charge is 0.790 e. The second kappa shape index (κ2) is 38.5. The number of carbonyl (C=O) groups excluding carboxylic acids is 2. The third-order valence-electron chi connectivity index (χ3n) is 7.51. The maximum absolute atomic E-state index is 12.3. The van der Waals surface area contributed by atoms with Gasteiger partial charge in [0.1, 0.15) is 6.10 Å². The number of carbonyl (C=O) groups is 2. The minimum absolute atomic E-state index is 0. The van der Waals surface area contributed by atoms with Crippen molar-refractivity contribution in [2.24, 2.45) is 0 Å². The molecule has 0 aromatic heterocycles. The maximum atomic E-state index is 12.3. The van der Waals surface area contributed by atoms with Gasteiger partial charge in [-0.25, -0.2) is 0 Å². The first kappa shape index (κ1) is 49.4. The molecule has 0 bridgehead atoms. The van der Waals surface area contributed by atoms with Crippen molar-refractivity contribution in [3.63, 3.8) is 0 Å². The van der Waals surface area contributed by atoms with Crippen LogP contribution in [0, 0.1) is 0 Å². The molecule has 0 aromatic carbocycles. The van der Waals surface area contributed by atoms with Gasteiger partial charge in [-0.1, -0.05) is 135 Å². The van der Waals surface area contributed by atoms with Crippen molar-refractivity contribution >= 4 is 20.3 Å². The van der Waals surface area contributed by atoms with Crippen LogP contribution in [0.2, 0.25) is 0 Å². The summed E-state index contributed by atoms with van der Waals surface area (Å²) in [5, 5.41) is 3.21. The molecule has 0 saturated heterocycles. The Hall–Kier alpha value is 1.01. The van der Waals surface area contributed by atoms with Gasteiger partial charge in [-0.2, -0.15) is 0 Å². The molecule has 0 amide bonds. The van der Waals surface area contributed by atoms with E-state index < -0.39 is 20.5 Å². The molecule has 0 aliphatic heterocycles. The topological polar surface area (TPSA) is 137 Å². The van der Waals surface area contributed by atoms with Crippen molar-refractivity contribution in [3.8, 4) is 0 Å². The van der Waals surface area contributed by atoms with Crippen molar-refractivity contribution in [3.05, 3.63) is 0 Å². The molecule has 250 valence electrons. The summed E-state index contributed by atoms with van der Waals surface area (Å²) in [6.45, 7) is 3.83. The van der Waals surface area contributed by atoms with E-state index in [-0.39, 0.29) is 71.6 Å². The Balaban J connectivity index is -0.00000840. The van der Waals surface area contributed by atoms with Gasteiger partial charge in [-0.3, -0.25) is 9.59 Å². The van der Waals surface area contributed by atoms with E-state index in [1.807, 2.05) is 0 Å². The zero-order chi connectivity index (χ0) is 31.0. The van der Waals surface area contributed by atoms with E-state index in [2.05, 4.69) is 16.8 Å². The first-order chi connectivity index (χ1) is 20.4. The van der Waals surface area contributed by atoms with Crippen molar-refractivity contribution in [2.75, 3.05) is 26.3 Å². The second-order valence-electron chi connectivity index (χ2n) is 11.6. The van der Waals surface area contributed by atoms with Crippen LogP contribution < -0.4 is 74.2 Å². The number of rotatable bonds is 34. The molecule has 12 heteroatoms. The van der Waals surface area contributed by atoms with E-state index in [4.69, 9.17) is 9.47 Å². The summed E-state index contributed by atoms with van der Waals surface area (Å²) in [6, 6.07) is 0. The number of ether oxygens (including phenoxy) is 2. The summed E-state index contributed by atoms with van der Waals surface area (Å²) < 4.78 is 25.4. The van der Waals surface area contributed by atoms with Gasteiger partial charge in [0.15, 0.2) is 0 Å². The van der Waals surface area contributed by atoms with Gasteiger partial charge in [-0.05, 0) is 25.8 Å². The molecule has 0 radical (unpaired) electrons. The predicted octanol–water partition coefficient (Wildman–Crippen LogP) is 0.896. The van der Waals surface area contributed by atoms with E-state index in [1.165, 1.54) is 103 Å². The van der Waals surface area contributed by atoms with Crippen LogP contribution in [0.25, 0.3) is 0 Å². The summed E-state index contributed by atoms with van der Waals surface area (Å²) >= 11 is 0. The number of nitrogens with one attached hydrogen (secondary N) is 1. The molecule has 0 aromatic rings. The average Bonchev–Trinajstić information content (AvgIpc) is 2.95. The van der Waals surface area contributed by atoms with E-state index in [9.17, 15) is 23.9 Å². The van der Waals surface area contributed by atoms with Crippen LogP contribution in [-0.2, 0) is 28.2 Å². The molecule has 9 nitrogen and oxygen atoms in total. The van der Waals surface area contributed by atoms with Crippen LogP contribution in [0.4, 0.5) is 0 Å². The number of phosphoric ester groups is 1. The van der Waals surface area contributed by atoms with Crippen LogP contribution >= 0.6 is 7.82 Å². The fourth-order valence-electron chi connectivity index (χ4n) is 5.00. The first-order valence-electron chi connectivity index (χ1n) is 17.0. The minimum Gasteiger partial charge on any atom is -0.790 e. The Morgan fingerprint density at radius 1 is 0.705 bits per heavy atom. The Kier molecular flexibility index (Phi) is 43.2. The molecule has 0 aliphatic carbocycles. The first-order valence-corrected chi connectivity index (χ1v) is 18.5. The number of hydrogen-bond donors (Lipinski definition) is 1. The summed E-state index contributed by atoms with van der Waals surface area (Å²) in [7, 11) is -5.12. The Labute approximate surface area is 313 Å².